The summed E-state index contributed by atoms with van der Waals surface area (Å²) in [6.07, 6.45) is 8.25. The van der Waals surface area contributed by atoms with Gasteiger partial charge in [0.1, 0.15) is 6.17 Å². The van der Waals surface area contributed by atoms with Gasteiger partial charge in [-0.05, 0) is 55.8 Å². The first-order chi connectivity index (χ1) is 17.0. The summed E-state index contributed by atoms with van der Waals surface area (Å²) in [7, 11) is 0. The number of rotatable bonds is 5. The molecule has 0 radical (unpaired) electrons. The van der Waals surface area contributed by atoms with Crippen LogP contribution in [-0.4, -0.2) is 74.4 Å². The van der Waals surface area contributed by atoms with E-state index in [0.717, 1.165) is 28.1 Å². The molecule has 2 N–H and O–H groups in total. The number of nitrogens with one attached hydrogen (secondary N) is 1. The van der Waals surface area contributed by atoms with Crippen molar-refractivity contribution in [2.45, 2.75) is 55.5 Å². The number of alkyl halides is 1. The lowest BCUT2D eigenvalue weighted by atomic mass is 9.50. The molecule has 10 heteroatoms. The van der Waals surface area contributed by atoms with Crippen LogP contribution in [0.5, 0.6) is 0 Å². The molecule has 2 bridgehead atoms. The van der Waals surface area contributed by atoms with Gasteiger partial charge in [0.15, 0.2) is 0 Å². The lowest BCUT2D eigenvalue weighted by Crippen LogP contribution is -2.59. The number of aliphatic hydroxyl groups is 1. The predicted octanol–water partition coefficient (Wildman–Crippen LogP) is 3.62. The maximum Gasteiger partial charge on any atom is 0.227 e. The van der Waals surface area contributed by atoms with Gasteiger partial charge in [0.05, 0.1) is 48.3 Å². The summed E-state index contributed by atoms with van der Waals surface area (Å²) >= 11 is 6.60. The number of fused-ring (bicyclic) bond motifs is 1. The number of aromatic nitrogens is 4. The second kappa shape index (κ2) is 8.09. The average Bonchev–Trinajstić information content (AvgIpc) is 3.40. The van der Waals surface area contributed by atoms with Crippen LogP contribution in [0.25, 0.3) is 10.9 Å². The molecule has 184 valence electrons. The first-order valence-corrected chi connectivity index (χ1v) is 12.8. The fraction of sp³-hybridized carbons (Fsp3) is 0.560. The Balaban J connectivity index is 1.10. The number of halogens is 2. The zero-order valence-electron chi connectivity index (χ0n) is 19.3. The van der Waals surface area contributed by atoms with E-state index in [4.69, 9.17) is 21.3 Å². The maximum absolute atomic E-state index is 15.4. The summed E-state index contributed by atoms with van der Waals surface area (Å²) in [4.78, 5) is 11.1. The molecule has 4 heterocycles. The van der Waals surface area contributed by atoms with Crippen molar-refractivity contribution in [3.8, 4) is 0 Å². The molecule has 2 saturated heterocycles. The smallest absolute Gasteiger partial charge is 0.227 e. The topological polar surface area (TPSA) is 88.3 Å². The van der Waals surface area contributed by atoms with E-state index in [0.29, 0.717) is 37.2 Å². The molecule has 5 fully saturated rings. The van der Waals surface area contributed by atoms with Crippen LogP contribution in [-0.2, 0) is 10.3 Å². The van der Waals surface area contributed by atoms with Crippen LogP contribution < -0.4 is 5.32 Å². The molecule has 5 aliphatic rings. The molecule has 2 aliphatic heterocycles. The Hall–Kier alpha value is -2.33. The van der Waals surface area contributed by atoms with Crippen molar-refractivity contribution < 1.29 is 14.2 Å². The van der Waals surface area contributed by atoms with Crippen LogP contribution >= 0.6 is 11.6 Å². The molecule has 35 heavy (non-hydrogen) atoms. The highest BCUT2D eigenvalue weighted by molar-refractivity contribution is 6.32. The van der Waals surface area contributed by atoms with Crippen LogP contribution in [0, 0.1) is 5.92 Å². The van der Waals surface area contributed by atoms with Crippen molar-refractivity contribution in [3.63, 3.8) is 0 Å². The zero-order chi connectivity index (χ0) is 23.7. The van der Waals surface area contributed by atoms with E-state index in [1.54, 1.807) is 6.20 Å². The van der Waals surface area contributed by atoms with Gasteiger partial charge in [-0.3, -0.25) is 9.58 Å². The fourth-order valence-electron chi connectivity index (χ4n) is 6.36. The molecule has 8 rings (SSSR count). The molecule has 8 nitrogen and oxygen atoms in total. The van der Waals surface area contributed by atoms with E-state index in [1.807, 2.05) is 29.4 Å². The van der Waals surface area contributed by atoms with Crippen molar-refractivity contribution in [3.05, 3.63) is 41.3 Å². The largest absolute Gasteiger partial charge is 0.389 e. The van der Waals surface area contributed by atoms with Gasteiger partial charge in [-0.15, -0.1) is 0 Å². The van der Waals surface area contributed by atoms with Gasteiger partial charge >= 0.3 is 0 Å². The number of aliphatic hydroxyl groups excluding tert-OH is 1. The molecule has 3 saturated carbocycles. The van der Waals surface area contributed by atoms with Crippen molar-refractivity contribution in [2.24, 2.45) is 5.92 Å². The predicted molar refractivity (Wildman–Crippen MR) is 130 cm³/mol. The minimum atomic E-state index is -1.09. The Morgan fingerprint density at radius 3 is 2.77 bits per heavy atom. The summed E-state index contributed by atoms with van der Waals surface area (Å²) in [5, 5.41) is 19.3. The van der Waals surface area contributed by atoms with Gasteiger partial charge in [0.2, 0.25) is 5.95 Å². The van der Waals surface area contributed by atoms with Gasteiger partial charge in [-0.1, -0.05) is 11.6 Å². The number of likely N-dealkylation sites (tertiary alicyclic amines) is 1. The highest BCUT2D eigenvalue weighted by atomic mass is 35.5. The van der Waals surface area contributed by atoms with Crippen LogP contribution in [0.15, 0.2) is 30.7 Å². The third kappa shape index (κ3) is 3.63. The minimum absolute atomic E-state index is 0.137. The minimum Gasteiger partial charge on any atom is -0.389 e. The van der Waals surface area contributed by atoms with Crippen molar-refractivity contribution >= 4 is 34.1 Å². The molecule has 1 aromatic carbocycles. The molecular formula is C25H28ClFN6O2. The molecule has 0 spiro atoms. The Morgan fingerprint density at radius 2 is 2.06 bits per heavy atom. The van der Waals surface area contributed by atoms with Crippen LogP contribution in [0.3, 0.4) is 0 Å². The summed E-state index contributed by atoms with van der Waals surface area (Å²) in [6, 6.07) is 3.59. The summed E-state index contributed by atoms with van der Waals surface area (Å²) in [5.41, 5.74) is 2.60. The number of benzene rings is 1. The quantitative estimate of drug-likeness (QED) is 0.555. The van der Waals surface area contributed by atoms with Crippen molar-refractivity contribution in [1.29, 1.82) is 0 Å². The van der Waals surface area contributed by atoms with Gasteiger partial charge in [-0.2, -0.15) is 5.10 Å². The molecular weight excluding hydrogens is 471 g/mol. The van der Waals surface area contributed by atoms with E-state index < -0.39 is 12.3 Å². The first-order valence-electron chi connectivity index (χ1n) is 12.4. The Morgan fingerprint density at radius 1 is 1.20 bits per heavy atom. The third-order valence-corrected chi connectivity index (χ3v) is 8.82. The number of hydrogen-bond donors (Lipinski definition) is 2. The van der Waals surface area contributed by atoms with E-state index in [9.17, 15) is 5.11 Å². The summed E-state index contributed by atoms with van der Waals surface area (Å²) < 4.78 is 22.8. The SMILES string of the molecule is O[C@@H]1COCC1N1CCC(c2cc3nc(Nc4cnn(C56CC(C5)C6)c4)ncc3cc2Cl)C(F)C1. The van der Waals surface area contributed by atoms with Gasteiger partial charge in [-0.25, -0.2) is 14.4 Å². The molecule has 2 aromatic heterocycles. The lowest BCUT2D eigenvalue weighted by molar-refractivity contribution is -0.0977. The van der Waals surface area contributed by atoms with E-state index in [-0.39, 0.29) is 24.0 Å². The fourth-order valence-corrected chi connectivity index (χ4v) is 6.67. The summed E-state index contributed by atoms with van der Waals surface area (Å²) in [6.45, 7) is 1.71. The molecule has 3 aromatic rings. The Kier molecular flexibility index (Phi) is 5.07. The Labute approximate surface area is 207 Å². The van der Waals surface area contributed by atoms with Gasteiger partial charge in [0, 0.05) is 35.3 Å². The van der Waals surface area contributed by atoms with E-state index in [1.165, 1.54) is 19.3 Å². The van der Waals surface area contributed by atoms with Gasteiger partial charge in [0.25, 0.3) is 0 Å². The second-order valence-electron chi connectivity index (χ2n) is 10.7. The van der Waals surface area contributed by atoms with Crippen molar-refractivity contribution in [1.82, 2.24) is 24.6 Å². The number of nitrogens with zero attached hydrogens (tertiary/aromatic N) is 5. The molecule has 3 unspecified atom stereocenters. The van der Waals surface area contributed by atoms with Crippen LogP contribution in [0.1, 0.15) is 37.2 Å². The first kappa shape index (κ1) is 21.9. The average molecular weight is 499 g/mol. The van der Waals surface area contributed by atoms with E-state index in [2.05, 4.69) is 20.1 Å². The number of anilines is 2. The zero-order valence-corrected chi connectivity index (χ0v) is 20.0. The number of ether oxygens (including phenoxy) is 1. The molecule has 0 amide bonds. The van der Waals surface area contributed by atoms with E-state index >= 15 is 4.39 Å². The maximum atomic E-state index is 15.4. The monoisotopic (exact) mass is 498 g/mol. The van der Waals surface area contributed by atoms with Crippen LogP contribution in [0.2, 0.25) is 5.02 Å². The second-order valence-corrected chi connectivity index (χ2v) is 11.1. The molecule has 4 atom stereocenters. The highest BCUT2D eigenvalue weighted by Gasteiger charge is 2.58. The molecule has 3 aliphatic carbocycles. The van der Waals surface area contributed by atoms with Crippen LogP contribution in [0.4, 0.5) is 16.0 Å². The number of piperidine rings is 1. The standard InChI is InChI=1S/C25H28ClFN6O2/c26-19-3-15-8-28-24(30-16-9-29-33(10-16)25-5-14(6-25)7-25)31-21(15)4-18(19)17-1-2-32(11-20(17)27)22-12-35-13-23(22)34/h3-4,8-10,14,17,20,22-23,34H,1-2,5-7,11-13H2,(H,28,30,31)/t14?,17?,20?,22?,23-,25?/m1/s1. The third-order valence-electron chi connectivity index (χ3n) is 8.49. The van der Waals surface area contributed by atoms with Gasteiger partial charge < -0.3 is 15.2 Å². The lowest BCUT2D eigenvalue weighted by Gasteiger charge is -2.61. The highest BCUT2D eigenvalue weighted by Crippen LogP contribution is 2.62. The normalized spacial score (nSPS) is 34.5. The Bertz CT molecular complexity index is 1270. The summed E-state index contributed by atoms with van der Waals surface area (Å²) in [5.74, 6) is 1.05. The van der Waals surface area contributed by atoms with Crippen molar-refractivity contribution in [2.75, 3.05) is 31.6 Å². The number of hydrogen-bond acceptors (Lipinski definition) is 7.